The van der Waals surface area contributed by atoms with Crippen molar-refractivity contribution in [3.63, 3.8) is 0 Å². The van der Waals surface area contributed by atoms with Crippen LogP contribution in [0.4, 0.5) is 14.5 Å². The number of amides is 1. The molecule has 0 aliphatic carbocycles. The van der Waals surface area contributed by atoms with Crippen LogP contribution in [0.25, 0.3) is 6.08 Å². The average molecular weight is 380 g/mol. The van der Waals surface area contributed by atoms with Crippen molar-refractivity contribution in [2.75, 3.05) is 5.32 Å². The van der Waals surface area contributed by atoms with Crippen LogP contribution >= 0.6 is 0 Å². The lowest BCUT2D eigenvalue weighted by molar-refractivity contribution is 0.101. The van der Waals surface area contributed by atoms with Gasteiger partial charge in [0.1, 0.15) is 15.6 Å². The Morgan fingerprint density at radius 2 is 2.12 bits per heavy atom. The van der Waals surface area contributed by atoms with Gasteiger partial charge in [-0.05, 0) is 18.6 Å². The van der Waals surface area contributed by atoms with Gasteiger partial charge in [-0.25, -0.2) is 22.5 Å². The van der Waals surface area contributed by atoms with Crippen molar-refractivity contribution >= 4 is 27.6 Å². The summed E-state index contributed by atoms with van der Waals surface area (Å²) in [5.41, 5.74) is 0.646. The summed E-state index contributed by atoms with van der Waals surface area (Å²) in [6, 6.07) is 2.80. The molecule has 0 radical (unpaired) electrons. The summed E-state index contributed by atoms with van der Waals surface area (Å²) in [4.78, 5) is 12.9. The van der Waals surface area contributed by atoms with E-state index in [4.69, 9.17) is 4.78 Å². The molecule has 0 saturated carbocycles. The van der Waals surface area contributed by atoms with Gasteiger partial charge < -0.3 is 9.88 Å². The van der Waals surface area contributed by atoms with E-state index in [0.29, 0.717) is 12.0 Å². The quantitative estimate of drug-likeness (QED) is 0.763. The summed E-state index contributed by atoms with van der Waals surface area (Å²) in [5, 5.41) is 2.50. The van der Waals surface area contributed by atoms with E-state index in [1.165, 1.54) is 16.8 Å². The Morgan fingerprint density at radius 1 is 1.38 bits per heavy atom. The second-order valence-electron chi connectivity index (χ2n) is 6.00. The lowest BCUT2D eigenvalue weighted by Gasteiger charge is -2.12. The number of carbonyl (C=O) groups excluding carboxylic acids is 1. The van der Waals surface area contributed by atoms with Gasteiger partial charge in [0.15, 0.2) is 11.6 Å². The third-order valence-electron chi connectivity index (χ3n) is 4.14. The van der Waals surface area contributed by atoms with Crippen LogP contribution in [-0.2, 0) is 17.0 Å². The number of rotatable bonds is 3. The molecule has 1 aromatic heterocycles. The molecule has 3 N–H and O–H groups in total. The first kappa shape index (κ1) is 18.3. The molecule has 1 amide bonds. The SMILES string of the molecule is CC[C@@H]1C=Cc2c(cn(C)c2C(=O)Nc2ccc(F)c(F)c2)S(=N)(=O)N1. The summed E-state index contributed by atoms with van der Waals surface area (Å²) in [7, 11) is -1.69. The molecule has 0 bridgehead atoms. The number of carbonyl (C=O) groups is 1. The smallest absolute Gasteiger partial charge is 0.272 e. The molecule has 0 spiro atoms. The van der Waals surface area contributed by atoms with Crippen molar-refractivity contribution in [3.05, 3.63) is 53.4 Å². The second kappa shape index (κ2) is 6.65. The fraction of sp³-hybridized carbons (Fsp3) is 0.235. The molecule has 1 aromatic carbocycles. The molecule has 6 nitrogen and oxygen atoms in total. The highest BCUT2D eigenvalue weighted by molar-refractivity contribution is 7.90. The van der Waals surface area contributed by atoms with E-state index in [1.54, 1.807) is 19.2 Å². The van der Waals surface area contributed by atoms with E-state index in [-0.39, 0.29) is 22.3 Å². The molecular weight excluding hydrogens is 362 g/mol. The number of hydrogen-bond acceptors (Lipinski definition) is 3. The van der Waals surface area contributed by atoms with E-state index >= 15 is 0 Å². The summed E-state index contributed by atoms with van der Waals surface area (Å²) >= 11 is 0. The van der Waals surface area contributed by atoms with E-state index in [9.17, 15) is 17.8 Å². The zero-order valence-corrected chi connectivity index (χ0v) is 15.0. The van der Waals surface area contributed by atoms with Crippen molar-refractivity contribution in [2.45, 2.75) is 24.3 Å². The van der Waals surface area contributed by atoms with Gasteiger partial charge >= 0.3 is 0 Å². The predicted octanol–water partition coefficient (Wildman–Crippen LogP) is 3.27. The summed E-state index contributed by atoms with van der Waals surface area (Å²) in [5.74, 6) is -2.66. The number of nitrogens with zero attached hydrogens (tertiary/aromatic N) is 1. The van der Waals surface area contributed by atoms with Crippen LogP contribution < -0.4 is 10.0 Å². The molecule has 1 aliphatic heterocycles. The molecule has 0 saturated heterocycles. The molecule has 2 heterocycles. The van der Waals surface area contributed by atoms with E-state index in [1.807, 2.05) is 6.92 Å². The van der Waals surface area contributed by atoms with Gasteiger partial charge in [-0.2, -0.15) is 0 Å². The molecule has 0 fully saturated rings. The van der Waals surface area contributed by atoms with Crippen LogP contribution in [0.5, 0.6) is 0 Å². The highest BCUT2D eigenvalue weighted by Gasteiger charge is 2.28. The summed E-state index contributed by atoms with van der Waals surface area (Å²) in [6.07, 6.45) is 5.53. The van der Waals surface area contributed by atoms with Gasteiger partial charge in [-0.3, -0.25) is 4.79 Å². The van der Waals surface area contributed by atoms with Crippen LogP contribution in [0.2, 0.25) is 0 Å². The maximum absolute atomic E-state index is 13.3. The van der Waals surface area contributed by atoms with E-state index < -0.39 is 27.5 Å². The number of fused-ring (bicyclic) bond motifs is 1. The minimum atomic E-state index is -3.28. The maximum atomic E-state index is 13.3. The van der Waals surface area contributed by atoms with Crippen LogP contribution in [0.3, 0.4) is 0 Å². The topological polar surface area (TPSA) is 87.0 Å². The van der Waals surface area contributed by atoms with Crippen molar-refractivity contribution in [1.82, 2.24) is 9.29 Å². The molecule has 1 unspecified atom stereocenters. The molecule has 2 aromatic rings. The number of aryl methyl sites for hydroxylation is 1. The van der Waals surface area contributed by atoms with Gasteiger partial charge in [-0.15, -0.1) is 0 Å². The lowest BCUT2D eigenvalue weighted by Crippen LogP contribution is -2.31. The molecule has 1 aliphatic rings. The highest BCUT2D eigenvalue weighted by atomic mass is 32.2. The van der Waals surface area contributed by atoms with Gasteiger partial charge in [0.2, 0.25) is 0 Å². The largest absolute Gasteiger partial charge is 0.345 e. The number of nitrogens with one attached hydrogen (secondary N) is 3. The zero-order valence-electron chi connectivity index (χ0n) is 14.2. The molecule has 3 rings (SSSR count). The van der Waals surface area contributed by atoms with Gasteiger partial charge in [0, 0.05) is 36.6 Å². The van der Waals surface area contributed by atoms with Crippen molar-refractivity contribution in [2.24, 2.45) is 7.05 Å². The predicted molar refractivity (Wildman–Crippen MR) is 95.1 cm³/mol. The van der Waals surface area contributed by atoms with Gasteiger partial charge in [-0.1, -0.05) is 19.1 Å². The highest BCUT2D eigenvalue weighted by Crippen LogP contribution is 2.28. The minimum absolute atomic E-state index is 0.0950. The Bertz CT molecular complexity index is 1010. The lowest BCUT2D eigenvalue weighted by atomic mass is 10.1. The Kier molecular flexibility index (Phi) is 4.68. The Labute approximate surface area is 150 Å². The standard InChI is InChI=1S/C17H18F2N4O2S/c1-3-10-4-6-12-15(26(20,25)22-10)9-23(2)16(12)17(24)21-11-5-7-13(18)14(19)8-11/h4-10H,3H2,1-2H3,(H,21,24)(H2,20,22,25)/t10-,26?/m1/s1. The van der Waals surface area contributed by atoms with Crippen molar-refractivity contribution < 1.29 is 17.8 Å². The molecule has 138 valence electrons. The third-order valence-corrected chi connectivity index (χ3v) is 5.72. The molecule has 9 heteroatoms. The van der Waals surface area contributed by atoms with Crippen molar-refractivity contribution in [1.29, 1.82) is 4.78 Å². The minimum Gasteiger partial charge on any atom is -0.345 e. The first-order valence-electron chi connectivity index (χ1n) is 7.93. The monoisotopic (exact) mass is 380 g/mol. The van der Waals surface area contributed by atoms with Crippen LogP contribution in [0.15, 0.2) is 35.4 Å². The fourth-order valence-corrected chi connectivity index (χ4v) is 4.38. The second-order valence-corrected chi connectivity index (χ2v) is 7.79. The number of hydrogen-bond donors (Lipinski definition) is 3. The number of halogens is 2. The van der Waals surface area contributed by atoms with Crippen LogP contribution in [-0.4, -0.2) is 20.7 Å². The molecular formula is C17H18F2N4O2S. The number of aromatic nitrogens is 1. The normalized spacial score (nSPS) is 21.9. The molecule has 26 heavy (non-hydrogen) atoms. The van der Waals surface area contributed by atoms with Crippen LogP contribution in [0.1, 0.15) is 29.4 Å². The Hall–Kier alpha value is -2.52. The Morgan fingerprint density at radius 3 is 2.77 bits per heavy atom. The zero-order chi connectivity index (χ0) is 19.1. The molecule has 2 atom stereocenters. The maximum Gasteiger partial charge on any atom is 0.272 e. The number of anilines is 1. The fourth-order valence-electron chi connectivity index (χ4n) is 2.80. The first-order valence-corrected chi connectivity index (χ1v) is 9.48. The van der Waals surface area contributed by atoms with Gasteiger partial charge in [0.25, 0.3) is 5.91 Å². The Balaban J connectivity index is 2.02. The summed E-state index contributed by atoms with van der Waals surface area (Å²) < 4.78 is 51.5. The number of benzene rings is 1. The van der Waals surface area contributed by atoms with Crippen LogP contribution in [0, 0.1) is 16.4 Å². The summed E-state index contributed by atoms with van der Waals surface area (Å²) in [6.45, 7) is 1.89. The third kappa shape index (κ3) is 3.27. The van der Waals surface area contributed by atoms with Crippen molar-refractivity contribution in [3.8, 4) is 0 Å². The van der Waals surface area contributed by atoms with E-state index in [2.05, 4.69) is 10.0 Å². The van der Waals surface area contributed by atoms with E-state index in [0.717, 1.165) is 12.1 Å². The van der Waals surface area contributed by atoms with Gasteiger partial charge in [0.05, 0.1) is 4.90 Å². The average Bonchev–Trinajstić information content (AvgIpc) is 2.86. The first-order chi connectivity index (χ1) is 12.2.